The Morgan fingerprint density at radius 1 is 1.10 bits per heavy atom. The van der Waals surface area contributed by atoms with Gasteiger partial charge in [-0.05, 0) is 48.9 Å². The molecule has 0 spiro atoms. The second-order valence-electron chi connectivity index (χ2n) is 4.25. The number of hydrazone groups is 1. The van der Waals surface area contributed by atoms with E-state index in [0.717, 1.165) is 4.47 Å². The molecule has 0 unspecified atom stereocenters. The zero-order chi connectivity index (χ0) is 15.5. The molecule has 0 heterocycles. The zero-order valence-corrected chi connectivity index (χ0v) is 13.4. The Bertz CT molecular complexity index is 757. The highest BCUT2D eigenvalue weighted by Gasteiger charge is 2.12. The molecule has 0 radical (unpaired) electrons. The summed E-state index contributed by atoms with van der Waals surface area (Å²) in [6.07, 6.45) is 0. The largest absolute Gasteiger partial charge is 0.276 e. The van der Waals surface area contributed by atoms with E-state index in [0.29, 0.717) is 11.3 Å². The molecule has 7 heteroatoms. The topological polar surface area (TPSA) is 58.5 Å². The van der Waals surface area contributed by atoms with Crippen molar-refractivity contribution < 1.29 is 12.8 Å². The second kappa shape index (κ2) is 6.36. The van der Waals surface area contributed by atoms with Gasteiger partial charge >= 0.3 is 0 Å². The van der Waals surface area contributed by atoms with Gasteiger partial charge in [-0.15, -0.1) is 0 Å². The third-order valence-electron chi connectivity index (χ3n) is 2.72. The van der Waals surface area contributed by atoms with Gasteiger partial charge in [-0.3, -0.25) is 0 Å². The highest BCUT2D eigenvalue weighted by molar-refractivity contribution is 9.10. The molecule has 0 aliphatic rings. The van der Waals surface area contributed by atoms with Crippen molar-refractivity contribution >= 4 is 31.7 Å². The van der Waals surface area contributed by atoms with Gasteiger partial charge in [-0.1, -0.05) is 28.1 Å². The molecule has 0 fully saturated rings. The highest BCUT2D eigenvalue weighted by Crippen LogP contribution is 2.14. The summed E-state index contributed by atoms with van der Waals surface area (Å²) in [6.45, 7) is 1.64. The molecular formula is C14H12BrFN2O2S. The Balaban J connectivity index is 2.18. The number of hydrogen-bond acceptors (Lipinski definition) is 3. The third-order valence-corrected chi connectivity index (χ3v) is 4.47. The van der Waals surface area contributed by atoms with E-state index in [2.05, 4.69) is 25.9 Å². The van der Waals surface area contributed by atoms with Gasteiger partial charge in [-0.2, -0.15) is 18.4 Å². The van der Waals surface area contributed by atoms with Crippen molar-refractivity contribution in [1.29, 1.82) is 0 Å². The first kappa shape index (κ1) is 15.7. The van der Waals surface area contributed by atoms with Gasteiger partial charge in [0.25, 0.3) is 10.0 Å². The highest BCUT2D eigenvalue weighted by atomic mass is 79.9. The fourth-order valence-corrected chi connectivity index (χ4v) is 2.67. The molecule has 0 saturated heterocycles. The maximum atomic E-state index is 12.8. The van der Waals surface area contributed by atoms with E-state index in [9.17, 15) is 12.8 Å². The molecule has 21 heavy (non-hydrogen) atoms. The number of sulfonamides is 1. The number of benzene rings is 2. The van der Waals surface area contributed by atoms with Crippen molar-refractivity contribution in [3.05, 3.63) is 64.4 Å². The summed E-state index contributed by atoms with van der Waals surface area (Å²) in [5.41, 5.74) is 1.07. The van der Waals surface area contributed by atoms with Crippen LogP contribution in [0.5, 0.6) is 0 Å². The summed E-state index contributed by atoms with van der Waals surface area (Å²) in [5.74, 6) is -0.359. The molecule has 110 valence electrons. The summed E-state index contributed by atoms with van der Waals surface area (Å²) < 4.78 is 37.7. The Morgan fingerprint density at radius 3 is 2.24 bits per heavy atom. The summed E-state index contributed by atoms with van der Waals surface area (Å²) in [4.78, 5) is 2.27. The lowest BCUT2D eigenvalue weighted by Gasteiger charge is -2.05. The lowest BCUT2D eigenvalue weighted by atomic mass is 10.1. The smallest absolute Gasteiger partial charge is 0.207 e. The van der Waals surface area contributed by atoms with Crippen LogP contribution in [0.4, 0.5) is 4.39 Å². The van der Waals surface area contributed by atoms with Gasteiger partial charge in [0, 0.05) is 4.47 Å². The predicted octanol–water partition coefficient (Wildman–Crippen LogP) is 3.29. The first-order valence-electron chi connectivity index (χ1n) is 5.96. The number of halogens is 2. The monoisotopic (exact) mass is 370 g/mol. The Kier molecular flexibility index (Phi) is 4.74. The van der Waals surface area contributed by atoms with Crippen LogP contribution in [0.15, 0.2) is 63.0 Å². The lowest BCUT2D eigenvalue weighted by Crippen LogP contribution is -2.19. The van der Waals surface area contributed by atoms with E-state index < -0.39 is 10.0 Å². The van der Waals surface area contributed by atoms with Gasteiger partial charge in [0.05, 0.1) is 10.6 Å². The van der Waals surface area contributed by atoms with Crippen LogP contribution in [0.25, 0.3) is 0 Å². The fourth-order valence-electron chi connectivity index (χ4n) is 1.55. The summed E-state index contributed by atoms with van der Waals surface area (Å²) in [5, 5.41) is 3.84. The number of hydrogen-bond donors (Lipinski definition) is 1. The molecule has 1 N–H and O–H groups in total. The SMILES string of the molecule is C/C(=N\NS(=O)(=O)c1ccc(Br)cc1)c1ccc(F)cc1. The van der Waals surface area contributed by atoms with E-state index in [1.807, 2.05) is 0 Å². The minimum Gasteiger partial charge on any atom is -0.207 e. The minimum atomic E-state index is -3.72. The summed E-state index contributed by atoms with van der Waals surface area (Å²) in [6, 6.07) is 11.8. The molecule has 2 aromatic carbocycles. The zero-order valence-electron chi connectivity index (χ0n) is 11.0. The van der Waals surface area contributed by atoms with Gasteiger partial charge in [0.2, 0.25) is 0 Å². The maximum absolute atomic E-state index is 12.8. The van der Waals surface area contributed by atoms with Crippen molar-refractivity contribution in [2.45, 2.75) is 11.8 Å². The molecule has 2 rings (SSSR count). The van der Waals surface area contributed by atoms with Crippen molar-refractivity contribution in [2.24, 2.45) is 5.10 Å². The van der Waals surface area contributed by atoms with Crippen molar-refractivity contribution in [3.63, 3.8) is 0 Å². The molecule has 0 saturated carbocycles. The predicted molar refractivity (Wildman–Crippen MR) is 83.1 cm³/mol. The standard InChI is InChI=1S/C14H12BrFN2O2S/c1-10(11-2-6-13(16)7-3-11)17-18-21(19,20)14-8-4-12(15)5-9-14/h2-9,18H,1H3/b17-10+. The molecule has 0 bridgehead atoms. The molecule has 0 amide bonds. The van der Waals surface area contributed by atoms with Crippen LogP contribution in [0.1, 0.15) is 12.5 Å². The van der Waals surface area contributed by atoms with Crippen LogP contribution >= 0.6 is 15.9 Å². The average Bonchev–Trinajstić information content (AvgIpc) is 2.46. The van der Waals surface area contributed by atoms with Crippen LogP contribution in [-0.4, -0.2) is 14.1 Å². The van der Waals surface area contributed by atoms with Gasteiger partial charge in [0.1, 0.15) is 5.82 Å². The number of nitrogens with one attached hydrogen (secondary N) is 1. The Morgan fingerprint density at radius 2 is 1.67 bits per heavy atom. The summed E-state index contributed by atoms with van der Waals surface area (Å²) >= 11 is 3.24. The first-order chi connectivity index (χ1) is 9.88. The Hall–Kier alpha value is -1.73. The normalized spacial score (nSPS) is 12.2. The third kappa shape index (κ3) is 4.12. The van der Waals surface area contributed by atoms with Crippen LogP contribution in [-0.2, 0) is 10.0 Å². The second-order valence-corrected chi connectivity index (χ2v) is 6.83. The van der Waals surface area contributed by atoms with Crippen LogP contribution in [0.2, 0.25) is 0 Å². The van der Waals surface area contributed by atoms with Gasteiger partial charge in [-0.25, -0.2) is 4.39 Å². The van der Waals surface area contributed by atoms with Gasteiger partial charge in [0.15, 0.2) is 0 Å². The lowest BCUT2D eigenvalue weighted by molar-refractivity contribution is 0.584. The molecule has 0 atom stereocenters. The molecule has 0 aromatic heterocycles. The number of nitrogens with zero attached hydrogens (tertiary/aromatic N) is 1. The van der Waals surface area contributed by atoms with Gasteiger partial charge < -0.3 is 0 Å². The quantitative estimate of drug-likeness (QED) is 0.662. The van der Waals surface area contributed by atoms with Crippen molar-refractivity contribution in [1.82, 2.24) is 4.83 Å². The van der Waals surface area contributed by atoms with Crippen LogP contribution < -0.4 is 4.83 Å². The van der Waals surface area contributed by atoms with E-state index in [1.165, 1.54) is 36.4 Å². The molecular weight excluding hydrogens is 359 g/mol. The van der Waals surface area contributed by atoms with Crippen LogP contribution in [0, 0.1) is 5.82 Å². The maximum Gasteiger partial charge on any atom is 0.276 e. The molecule has 2 aromatic rings. The van der Waals surface area contributed by atoms with E-state index in [4.69, 9.17) is 0 Å². The summed E-state index contributed by atoms with van der Waals surface area (Å²) in [7, 11) is -3.72. The van der Waals surface area contributed by atoms with E-state index >= 15 is 0 Å². The average molecular weight is 371 g/mol. The molecule has 0 aliphatic carbocycles. The minimum absolute atomic E-state index is 0.112. The van der Waals surface area contributed by atoms with Crippen molar-refractivity contribution in [2.75, 3.05) is 0 Å². The van der Waals surface area contributed by atoms with E-state index in [1.54, 1.807) is 19.1 Å². The van der Waals surface area contributed by atoms with Crippen LogP contribution in [0.3, 0.4) is 0 Å². The molecule has 4 nitrogen and oxygen atoms in total. The van der Waals surface area contributed by atoms with Crippen molar-refractivity contribution in [3.8, 4) is 0 Å². The van der Waals surface area contributed by atoms with E-state index in [-0.39, 0.29) is 10.7 Å². The fraction of sp³-hybridized carbons (Fsp3) is 0.0714. The Labute approximate surface area is 130 Å². The first-order valence-corrected chi connectivity index (χ1v) is 8.24. The number of rotatable bonds is 4. The molecule has 0 aliphatic heterocycles.